The average molecular weight is 471 g/mol. The number of allylic oxidation sites excluding steroid dienone is 6. The number of hydrogen-bond acceptors (Lipinski definition) is 5. The SMILES string of the molecule is C=C/C(=C\C(=C/N)C(CNC(=C)/C(=C/C=C\C)C(=C)NC)CC(C)=O)c1c(C)cc(C#N)cc1C. The molecule has 1 aromatic rings. The minimum atomic E-state index is -0.186. The lowest BCUT2D eigenvalue weighted by molar-refractivity contribution is -0.117. The number of benzene rings is 1. The molecule has 1 unspecified atom stereocenters. The molecule has 4 N–H and O–H groups in total. The predicted octanol–water partition coefficient (Wildman–Crippen LogP) is 5.52. The number of hydrogen-bond donors (Lipinski definition) is 3. The van der Waals surface area contributed by atoms with Crippen molar-refractivity contribution in [3.8, 4) is 6.07 Å². The summed E-state index contributed by atoms with van der Waals surface area (Å²) in [7, 11) is 1.81. The van der Waals surface area contributed by atoms with Gasteiger partial charge in [-0.25, -0.2) is 0 Å². The first-order valence-corrected chi connectivity index (χ1v) is 11.5. The van der Waals surface area contributed by atoms with E-state index in [1.807, 2.05) is 64.3 Å². The number of nitriles is 1. The lowest BCUT2D eigenvalue weighted by Crippen LogP contribution is -2.27. The molecule has 0 radical (unpaired) electrons. The highest BCUT2D eigenvalue weighted by molar-refractivity contribution is 5.81. The lowest BCUT2D eigenvalue weighted by Gasteiger charge is -2.22. The van der Waals surface area contributed by atoms with Crippen LogP contribution < -0.4 is 16.4 Å². The van der Waals surface area contributed by atoms with E-state index in [9.17, 15) is 10.1 Å². The van der Waals surface area contributed by atoms with Gasteiger partial charge in [-0.3, -0.25) is 0 Å². The fraction of sp³-hybridized carbons (Fsp3) is 0.267. The third-order valence-electron chi connectivity index (χ3n) is 5.66. The smallest absolute Gasteiger partial charge is 0.130 e. The van der Waals surface area contributed by atoms with E-state index in [4.69, 9.17) is 5.73 Å². The highest BCUT2D eigenvalue weighted by atomic mass is 16.1. The Labute approximate surface area is 210 Å². The van der Waals surface area contributed by atoms with E-state index >= 15 is 0 Å². The van der Waals surface area contributed by atoms with Crippen LogP contribution in [0.4, 0.5) is 0 Å². The molecule has 0 aromatic heterocycles. The first kappa shape index (κ1) is 29.0. The molecule has 0 aliphatic heterocycles. The van der Waals surface area contributed by atoms with Gasteiger partial charge < -0.3 is 21.2 Å². The standard InChI is InChI=1S/C30H38N4O/c1-9-11-12-29(23(6)33-8)24(7)34-19-28(15-22(5)35)27(18-32)16-26(10-2)30-20(3)13-25(17-31)14-21(30)4/h9-14,16,18,28,33-34H,2,6-7,15,19,32H2,1,3-5,8H3/b11-9-,26-16+,27-18+,29-12+. The molecule has 0 heterocycles. The van der Waals surface area contributed by atoms with E-state index in [-0.39, 0.29) is 11.7 Å². The van der Waals surface area contributed by atoms with E-state index in [0.717, 1.165) is 39.1 Å². The summed E-state index contributed by atoms with van der Waals surface area (Å²) in [6.07, 6.45) is 11.4. The second-order valence-electron chi connectivity index (χ2n) is 8.36. The largest absolute Gasteiger partial charge is 0.404 e. The highest BCUT2D eigenvalue weighted by Crippen LogP contribution is 2.29. The maximum Gasteiger partial charge on any atom is 0.130 e. The van der Waals surface area contributed by atoms with Crippen molar-refractivity contribution in [2.45, 2.75) is 34.1 Å². The van der Waals surface area contributed by atoms with Gasteiger partial charge >= 0.3 is 0 Å². The van der Waals surface area contributed by atoms with Crippen LogP contribution in [0.3, 0.4) is 0 Å². The van der Waals surface area contributed by atoms with Crippen molar-refractivity contribution < 1.29 is 4.79 Å². The summed E-state index contributed by atoms with van der Waals surface area (Å²) < 4.78 is 0. The molecule has 0 spiro atoms. The molecule has 0 aliphatic rings. The second kappa shape index (κ2) is 14.3. The van der Waals surface area contributed by atoms with Crippen LogP contribution in [0.1, 0.15) is 42.5 Å². The molecule has 0 aliphatic carbocycles. The third-order valence-corrected chi connectivity index (χ3v) is 5.66. The zero-order valence-electron chi connectivity index (χ0n) is 21.7. The summed E-state index contributed by atoms with van der Waals surface area (Å²) in [6, 6.07) is 5.91. The molecular weight excluding hydrogens is 432 g/mol. The van der Waals surface area contributed by atoms with Crippen LogP contribution >= 0.6 is 0 Å². The van der Waals surface area contributed by atoms with Gasteiger partial charge in [0.05, 0.1) is 11.6 Å². The molecule has 184 valence electrons. The van der Waals surface area contributed by atoms with Gasteiger partial charge in [0, 0.05) is 42.9 Å². The molecule has 0 saturated heterocycles. The summed E-state index contributed by atoms with van der Waals surface area (Å²) in [5.41, 5.74) is 13.6. The Kier molecular flexibility index (Phi) is 11.8. The first-order valence-electron chi connectivity index (χ1n) is 11.5. The maximum atomic E-state index is 12.1. The van der Waals surface area contributed by atoms with Crippen LogP contribution in [0.15, 0.2) is 91.0 Å². The number of Topliss-reactive ketones (excluding diaryl/α,β-unsaturated/α-hetero) is 1. The Bertz CT molecular complexity index is 1120. The van der Waals surface area contributed by atoms with Crippen molar-refractivity contribution in [3.05, 3.63) is 113 Å². The van der Waals surface area contributed by atoms with E-state index in [0.29, 0.717) is 24.2 Å². The van der Waals surface area contributed by atoms with Crippen molar-refractivity contribution in [2.75, 3.05) is 13.6 Å². The van der Waals surface area contributed by atoms with Crippen LogP contribution in [0.5, 0.6) is 0 Å². The summed E-state index contributed by atoms with van der Waals surface area (Å²) in [6.45, 7) is 20.1. The summed E-state index contributed by atoms with van der Waals surface area (Å²) >= 11 is 0. The molecule has 0 amide bonds. The van der Waals surface area contributed by atoms with E-state index in [1.165, 1.54) is 0 Å². The minimum absolute atomic E-state index is 0.0605. The van der Waals surface area contributed by atoms with Crippen LogP contribution in [-0.4, -0.2) is 19.4 Å². The highest BCUT2D eigenvalue weighted by Gasteiger charge is 2.18. The Morgan fingerprint density at radius 3 is 2.31 bits per heavy atom. The fourth-order valence-corrected chi connectivity index (χ4v) is 3.91. The Morgan fingerprint density at radius 1 is 1.23 bits per heavy atom. The van der Waals surface area contributed by atoms with Gasteiger partial charge in [-0.2, -0.15) is 5.26 Å². The number of aryl methyl sites for hydroxylation is 2. The van der Waals surface area contributed by atoms with Gasteiger partial charge in [0.25, 0.3) is 0 Å². The topological polar surface area (TPSA) is 90.9 Å². The Balaban J connectivity index is 3.36. The van der Waals surface area contributed by atoms with Crippen LogP contribution in [0, 0.1) is 31.1 Å². The fourth-order valence-electron chi connectivity index (χ4n) is 3.91. The first-order chi connectivity index (χ1) is 16.6. The van der Waals surface area contributed by atoms with Crippen molar-refractivity contribution in [1.82, 2.24) is 10.6 Å². The van der Waals surface area contributed by atoms with Crippen molar-refractivity contribution in [1.29, 1.82) is 5.26 Å². The average Bonchev–Trinajstić information content (AvgIpc) is 2.82. The van der Waals surface area contributed by atoms with Crippen molar-refractivity contribution in [2.24, 2.45) is 11.7 Å². The molecule has 1 atom stereocenters. The summed E-state index contributed by atoms with van der Waals surface area (Å²) in [5.74, 6) is -0.126. The zero-order chi connectivity index (χ0) is 26.5. The number of carbonyl (C=O) groups excluding carboxylic acids is 1. The van der Waals surface area contributed by atoms with Crippen LogP contribution in [0.25, 0.3) is 5.57 Å². The van der Waals surface area contributed by atoms with Crippen LogP contribution in [-0.2, 0) is 4.79 Å². The van der Waals surface area contributed by atoms with Crippen molar-refractivity contribution >= 4 is 11.4 Å². The van der Waals surface area contributed by atoms with Gasteiger partial charge in [0.15, 0.2) is 0 Å². The minimum Gasteiger partial charge on any atom is -0.404 e. The van der Waals surface area contributed by atoms with E-state index in [1.54, 1.807) is 19.2 Å². The molecule has 1 aromatic carbocycles. The maximum absolute atomic E-state index is 12.1. The molecule has 0 fully saturated rings. The number of nitrogens with one attached hydrogen (secondary N) is 2. The Morgan fingerprint density at radius 2 is 1.86 bits per heavy atom. The van der Waals surface area contributed by atoms with E-state index < -0.39 is 0 Å². The molecule has 1 rings (SSSR count). The molecule has 0 bridgehead atoms. The zero-order valence-corrected chi connectivity index (χ0v) is 21.7. The summed E-state index contributed by atoms with van der Waals surface area (Å²) in [5, 5.41) is 15.7. The number of carbonyl (C=O) groups is 1. The number of likely N-dealkylation sites (N-methyl/N-ethyl adjacent to an activating group) is 1. The molecule has 35 heavy (non-hydrogen) atoms. The molecule has 5 nitrogen and oxygen atoms in total. The molecular formula is C30H38N4O. The quantitative estimate of drug-likeness (QED) is 0.330. The predicted molar refractivity (Wildman–Crippen MR) is 148 cm³/mol. The van der Waals surface area contributed by atoms with E-state index in [2.05, 4.69) is 36.4 Å². The molecule has 0 saturated carbocycles. The van der Waals surface area contributed by atoms with Gasteiger partial charge in [0.1, 0.15) is 5.78 Å². The number of ketones is 1. The van der Waals surface area contributed by atoms with Gasteiger partial charge in [0.2, 0.25) is 0 Å². The lowest BCUT2D eigenvalue weighted by atomic mass is 9.88. The van der Waals surface area contributed by atoms with Crippen molar-refractivity contribution in [3.63, 3.8) is 0 Å². The van der Waals surface area contributed by atoms with Gasteiger partial charge in [-0.1, -0.05) is 44.0 Å². The Hall–Kier alpha value is -4.04. The summed E-state index contributed by atoms with van der Waals surface area (Å²) in [4.78, 5) is 12.1. The second-order valence-corrected chi connectivity index (χ2v) is 8.36. The van der Waals surface area contributed by atoms with Crippen LogP contribution in [0.2, 0.25) is 0 Å². The monoisotopic (exact) mass is 470 g/mol. The normalized spacial score (nSPS) is 13.2. The number of rotatable bonds is 13. The van der Waals surface area contributed by atoms with Gasteiger partial charge in [-0.15, -0.1) is 0 Å². The molecule has 5 heteroatoms. The third kappa shape index (κ3) is 8.35. The van der Waals surface area contributed by atoms with Gasteiger partial charge in [-0.05, 0) is 79.9 Å². The number of nitrogens with two attached hydrogens (primary N) is 1. The number of nitrogens with zero attached hydrogens (tertiary/aromatic N) is 1.